The topological polar surface area (TPSA) is 56.3 Å². The van der Waals surface area contributed by atoms with Crippen LogP contribution in [0.3, 0.4) is 0 Å². The average Bonchev–Trinajstić information content (AvgIpc) is 2.86. The Hall–Kier alpha value is -3.01. The lowest BCUT2D eigenvalue weighted by atomic mass is 9.98. The number of carbonyl (C=O) groups excluding carboxylic acids is 2. The van der Waals surface area contributed by atoms with Gasteiger partial charge in [0.2, 0.25) is 0 Å². The fourth-order valence-corrected chi connectivity index (χ4v) is 3.15. The molecule has 1 aliphatic rings. The number of fused-ring (bicyclic) bond motifs is 2. The molecule has 4 heteroatoms. The molecule has 1 aliphatic carbocycles. The Morgan fingerprint density at radius 2 is 1.67 bits per heavy atom. The van der Waals surface area contributed by atoms with Gasteiger partial charge in [-0.1, -0.05) is 30.3 Å². The van der Waals surface area contributed by atoms with Gasteiger partial charge in [0, 0.05) is 16.5 Å². The van der Waals surface area contributed by atoms with Crippen LogP contribution in [0.25, 0.3) is 10.9 Å². The lowest BCUT2D eigenvalue weighted by molar-refractivity contribution is 0.0888. The molecule has 0 atom stereocenters. The van der Waals surface area contributed by atoms with Crippen LogP contribution in [0.15, 0.2) is 54.6 Å². The number of ketones is 2. The molecule has 0 fully saturated rings. The molecule has 4 rings (SSSR count). The first-order valence-corrected chi connectivity index (χ1v) is 7.90. The molecule has 24 heavy (non-hydrogen) atoms. The van der Waals surface area contributed by atoms with E-state index in [2.05, 4.69) is 4.98 Å². The summed E-state index contributed by atoms with van der Waals surface area (Å²) in [5.74, 6) is -0.403. The third-order valence-electron chi connectivity index (χ3n) is 4.27. The quantitative estimate of drug-likeness (QED) is 0.690. The third-order valence-corrected chi connectivity index (χ3v) is 4.27. The van der Waals surface area contributed by atoms with Crippen LogP contribution in [0.5, 0.6) is 5.75 Å². The fourth-order valence-electron chi connectivity index (χ4n) is 3.15. The monoisotopic (exact) mass is 317 g/mol. The molecule has 1 aromatic heterocycles. The van der Waals surface area contributed by atoms with E-state index in [1.54, 1.807) is 30.3 Å². The molecular formula is C20H15NO3. The van der Waals surface area contributed by atoms with Crippen molar-refractivity contribution in [2.45, 2.75) is 12.8 Å². The Kier molecular flexibility index (Phi) is 3.38. The summed E-state index contributed by atoms with van der Waals surface area (Å²) in [7, 11) is 0. The van der Waals surface area contributed by atoms with Crippen LogP contribution in [0.4, 0.5) is 0 Å². The van der Waals surface area contributed by atoms with Gasteiger partial charge >= 0.3 is 0 Å². The number of benzene rings is 2. The van der Waals surface area contributed by atoms with Crippen molar-refractivity contribution in [3.05, 3.63) is 71.4 Å². The van der Waals surface area contributed by atoms with Gasteiger partial charge in [-0.15, -0.1) is 0 Å². The summed E-state index contributed by atoms with van der Waals surface area (Å²) in [4.78, 5) is 29.7. The van der Waals surface area contributed by atoms with Crippen molar-refractivity contribution in [3.63, 3.8) is 0 Å². The predicted octanol–water partition coefficient (Wildman–Crippen LogP) is 3.80. The molecular weight excluding hydrogens is 302 g/mol. The Bertz CT molecular complexity index is 943. The largest absolute Gasteiger partial charge is 0.494 e. The second-order valence-electron chi connectivity index (χ2n) is 5.73. The Morgan fingerprint density at radius 1 is 0.958 bits per heavy atom. The van der Waals surface area contributed by atoms with Crippen LogP contribution >= 0.6 is 0 Å². The summed E-state index contributed by atoms with van der Waals surface area (Å²) in [6, 6.07) is 16.2. The lowest BCUT2D eigenvalue weighted by Crippen LogP contribution is -2.14. The minimum atomic E-state index is -0.835. The summed E-state index contributed by atoms with van der Waals surface area (Å²) < 4.78 is 5.48. The number of pyridine rings is 1. The van der Waals surface area contributed by atoms with Gasteiger partial charge in [0.1, 0.15) is 11.7 Å². The summed E-state index contributed by atoms with van der Waals surface area (Å²) in [6.07, 6.45) is 0. The smallest absolute Gasteiger partial charge is 0.180 e. The van der Waals surface area contributed by atoms with Crippen LogP contribution in [0.1, 0.15) is 39.3 Å². The number of hydrogen-bond donors (Lipinski definition) is 0. The van der Waals surface area contributed by atoms with E-state index in [4.69, 9.17) is 4.74 Å². The number of rotatable bonds is 3. The number of ether oxygens (including phenoxy) is 1. The maximum absolute atomic E-state index is 12.6. The van der Waals surface area contributed by atoms with Gasteiger partial charge in [-0.05, 0) is 31.2 Å². The first-order valence-electron chi connectivity index (χ1n) is 7.90. The zero-order chi connectivity index (χ0) is 16.7. The minimum absolute atomic E-state index is 0.173. The first-order chi connectivity index (χ1) is 11.7. The van der Waals surface area contributed by atoms with E-state index >= 15 is 0 Å². The Labute approximate surface area is 139 Å². The van der Waals surface area contributed by atoms with Crippen LogP contribution in [-0.4, -0.2) is 23.2 Å². The molecule has 0 aliphatic heterocycles. The van der Waals surface area contributed by atoms with Crippen molar-refractivity contribution in [2.24, 2.45) is 0 Å². The minimum Gasteiger partial charge on any atom is -0.494 e. The van der Waals surface area contributed by atoms with E-state index in [9.17, 15) is 9.59 Å². The third kappa shape index (κ3) is 2.19. The molecule has 118 valence electrons. The van der Waals surface area contributed by atoms with Gasteiger partial charge in [0.25, 0.3) is 0 Å². The molecule has 2 aromatic carbocycles. The van der Waals surface area contributed by atoms with E-state index < -0.39 is 5.92 Å². The molecule has 0 spiro atoms. The molecule has 4 nitrogen and oxygen atoms in total. The van der Waals surface area contributed by atoms with Crippen molar-refractivity contribution >= 4 is 22.5 Å². The maximum Gasteiger partial charge on any atom is 0.180 e. The van der Waals surface area contributed by atoms with E-state index in [-0.39, 0.29) is 11.6 Å². The zero-order valence-electron chi connectivity index (χ0n) is 13.2. The highest BCUT2D eigenvalue weighted by atomic mass is 16.5. The summed E-state index contributed by atoms with van der Waals surface area (Å²) in [6.45, 7) is 2.53. The Morgan fingerprint density at radius 3 is 2.33 bits per heavy atom. The van der Waals surface area contributed by atoms with Gasteiger partial charge in [0.15, 0.2) is 11.6 Å². The second-order valence-corrected chi connectivity index (χ2v) is 5.73. The molecule has 3 aromatic rings. The van der Waals surface area contributed by atoms with Crippen LogP contribution in [-0.2, 0) is 0 Å². The number of nitrogens with zero attached hydrogens (tertiary/aromatic N) is 1. The van der Waals surface area contributed by atoms with E-state index in [1.807, 2.05) is 31.2 Å². The molecule has 0 amide bonds. The van der Waals surface area contributed by atoms with Crippen LogP contribution in [0, 0.1) is 0 Å². The van der Waals surface area contributed by atoms with Gasteiger partial charge in [-0.2, -0.15) is 0 Å². The van der Waals surface area contributed by atoms with E-state index in [0.29, 0.717) is 23.4 Å². The number of Topliss-reactive ketones (excluding diaryl/α,β-unsaturated/α-hetero) is 2. The lowest BCUT2D eigenvalue weighted by Gasteiger charge is -2.09. The number of aromatic nitrogens is 1. The zero-order valence-corrected chi connectivity index (χ0v) is 13.2. The van der Waals surface area contributed by atoms with E-state index in [1.165, 1.54) is 0 Å². The second kappa shape index (κ2) is 5.57. The summed E-state index contributed by atoms with van der Waals surface area (Å²) >= 11 is 0. The number of carbonyl (C=O) groups is 2. The predicted molar refractivity (Wildman–Crippen MR) is 90.8 cm³/mol. The Balaban J connectivity index is 1.76. The van der Waals surface area contributed by atoms with Crippen molar-refractivity contribution in [1.29, 1.82) is 0 Å². The SMILES string of the molecule is CCOc1ccc2nc(C3C(=O)c4ccccc4C3=O)ccc2c1. The molecule has 0 N–H and O–H groups in total. The molecule has 0 bridgehead atoms. The molecule has 0 saturated heterocycles. The maximum atomic E-state index is 12.6. The van der Waals surface area contributed by atoms with Crippen molar-refractivity contribution in [1.82, 2.24) is 4.98 Å². The molecule has 0 unspecified atom stereocenters. The normalized spacial score (nSPS) is 14.2. The van der Waals surface area contributed by atoms with Crippen molar-refractivity contribution < 1.29 is 14.3 Å². The van der Waals surface area contributed by atoms with Crippen molar-refractivity contribution in [3.8, 4) is 5.75 Å². The highest BCUT2D eigenvalue weighted by Gasteiger charge is 2.40. The van der Waals surface area contributed by atoms with Gasteiger partial charge in [0.05, 0.1) is 17.8 Å². The standard InChI is InChI=1S/C20H15NO3/c1-2-24-13-8-10-16-12(11-13)7-9-17(21-16)18-19(22)14-5-3-4-6-15(14)20(18)23/h3-11,18H,2H2,1H3. The van der Waals surface area contributed by atoms with Crippen LogP contribution in [0.2, 0.25) is 0 Å². The average molecular weight is 317 g/mol. The molecule has 0 saturated carbocycles. The number of hydrogen-bond acceptors (Lipinski definition) is 4. The summed E-state index contributed by atoms with van der Waals surface area (Å²) in [5, 5.41) is 0.917. The highest BCUT2D eigenvalue weighted by Crippen LogP contribution is 2.34. The van der Waals surface area contributed by atoms with Gasteiger partial charge in [-0.3, -0.25) is 14.6 Å². The first kappa shape index (κ1) is 14.6. The van der Waals surface area contributed by atoms with Gasteiger partial charge < -0.3 is 4.74 Å². The highest BCUT2D eigenvalue weighted by molar-refractivity contribution is 6.29. The fraction of sp³-hybridized carbons (Fsp3) is 0.150. The van der Waals surface area contributed by atoms with Crippen LogP contribution < -0.4 is 4.74 Å². The molecule has 0 radical (unpaired) electrons. The van der Waals surface area contributed by atoms with Gasteiger partial charge in [-0.25, -0.2) is 0 Å². The van der Waals surface area contributed by atoms with E-state index in [0.717, 1.165) is 16.7 Å². The summed E-state index contributed by atoms with van der Waals surface area (Å²) in [5.41, 5.74) is 2.22. The molecule has 1 heterocycles. The van der Waals surface area contributed by atoms with Crippen molar-refractivity contribution in [2.75, 3.05) is 6.61 Å².